The summed E-state index contributed by atoms with van der Waals surface area (Å²) in [7, 11) is 0. The lowest BCUT2D eigenvalue weighted by atomic mass is 10.0. The zero-order valence-corrected chi connectivity index (χ0v) is 13.9. The lowest BCUT2D eigenvalue weighted by Gasteiger charge is -2.18. The normalized spacial score (nSPS) is 21.1. The van der Waals surface area contributed by atoms with Gasteiger partial charge in [0, 0.05) is 44.4 Å². The average Bonchev–Trinajstić information content (AvgIpc) is 3.11. The van der Waals surface area contributed by atoms with E-state index in [-0.39, 0.29) is 24.5 Å². The number of hydrogen-bond donors (Lipinski definition) is 2. The van der Waals surface area contributed by atoms with Gasteiger partial charge in [0.15, 0.2) is 0 Å². The van der Waals surface area contributed by atoms with Gasteiger partial charge in [0.2, 0.25) is 0 Å². The fourth-order valence-corrected chi connectivity index (χ4v) is 3.21. The first-order valence-corrected chi connectivity index (χ1v) is 8.05. The summed E-state index contributed by atoms with van der Waals surface area (Å²) in [5.74, 6) is 0.307. The van der Waals surface area contributed by atoms with Crippen LogP contribution in [0.15, 0.2) is 28.9 Å². The molecule has 7 heteroatoms. The molecule has 1 fully saturated rings. The molecule has 0 bridgehead atoms. The second-order valence-corrected chi connectivity index (χ2v) is 6.24. The Morgan fingerprint density at radius 1 is 1.42 bits per heavy atom. The number of aryl methyl sites for hydroxylation is 2. The lowest BCUT2D eigenvalue weighted by Crippen LogP contribution is -2.41. The number of aromatic nitrogens is 2. The van der Waals surface area contributed by atoms with Crippen molar-refractivity contribution in [2.75, 3.05) is 19.7 Å². The molecule has 0 aromatic carbocycles. The number of pyridine rings is 1. The summed E-state index contributed by atoms with van der Waals surface area (Å²) in [6.07, 6.45) is 1.77. The number of aliphatic hydroxyl groups excluding tert-OH is 1. The maximum atomic E-state index is 12.5. The van der Waals surface area contributed by atoms with Crippen molar-refractivity contribution in [3.63, 3.8) is 0 Å². The van der Waals surface area contributed by atoms with Crippen LogP contribution in [-0.4, -0.2) is 51.8 Å². The van der Waals surface area contributed by atoms with E-state index < -0.39 is 0 Å². The first-order chi connectivity index (χ1) is 11.6. The number of nitrogens with zero attached hydrogens (tertiary/aromatic N) is 3. The molecule has 0 spiro atoms. The van der Waals surface area contributed by atoms with Crippen LogP contribution in [0.2, 0.25) is 0 Å². The van der Waals surface area contributed by atoms with Gasteiger partial charge in [-0.15, -0.1) is 0 Å². The van der Waals surface area contributed by atoms with Gasteiger partial charge in [-0.2, -0.15) is 0 Å². The number of carbonyl (C=O) groups excluding carboxylic acids is 1. The largest absolute Gasteiger partial charge is 0.396 e. The minimum atomic E-state index is -0.200. The molecular weight excluding hydrogens is 308 g/mol. The second-order valence-electron chi connectivity index (χ2n) is 6.24. The monoisotopic (exact) mass is 330 g/mol. The van der Waals surface area contributed by atoms with Crippen molar-refractivity contribution in [3.8, 4) is 0 Å². The molecule has 1 aliphatic rings. The highest BCUT2D eigenvalue weighted by Crippen LogP contribution is 2.20. The third kappa shape index (κ3) is 3.47. The van der Waals surface area contributed by atoms with Gasteiger partial charge in [0.25, 0.3) is 5.91 Å². The molecule has 3 heterocycles. The van der Waals surface area contributed by atoms with Gasteiger partial charge >= 0.3 is 0 Å². The van der Waals surface area contributed by atoms with Crippen molar-refractivity contribution < 1.29 is 14.4 Å². The number of nitrogens with one attached hydrogen (secondary N) is 1. The third-order valence-corrected chi connectivity index (χ3v) is 4.44. The minimum Gasteiger partial charge on any atom is -0.396 e. The molecular formula is C17H22N4O3. The van der Waals surface area contributed by atoms with Crippen LogP contribution >= 0.6 is 0 Å². The van der Waals surface area contributed by atoms with E-state index in [1.165, 1.54) is 0 Å². The first kappa shape index (κ1) is 16.6. The van der Waals surface area contributed by atoms with E-state index in [4.69, 9.17) is 4.52 Å². The molecule has 1 saturated heterocycles. The standard InChI is InChI=1S/C17H22N4O3/c1-11-16(12(2)24-20-11)17(23)19-15-9-21(7-13(15)10-22)8-14-5-3-4-6-18-14/h3-6,13,15,22H,7-10H2,1-2H3,(H,19,23)/t13-,15+/m0/s1. The van der Waals surface area contributed by atoms with Gasteiger partial charge in [-0.1, -0.05) is 11.2 Å². The number of carbonyl (C=O) groups is 1. The SMILES string of the molecule is Cc1noc(C)c1C(=O)N[C@@H]1CN(Cc2ccccn2)C[C@H]1CO. The van der Waals surface area contributed by atoms with Gasteiger partial charge < -0.3 is 14.9 Å². The first-order valence-electron chi connectivity index (χ1n) is 8.05. The van der Waals surface area contributed by atoms with Gasteiger partial charge in [0.05, 0.1) is 11.4 Å². The second kappa shape index (κ2) is 7.11. The predicted octanol–water partition coefficient (Wildman–Crippen LogP) is 0.909. The molecule has 2 aromatic heterocycles. The van der Waals surface area contributed by atoms with Crippen LogP contribution in [0.4, 0.5) is 0 Å². The van der Waals surface area contributed by atoms with Gasteiger partial charge in [0.1, 0.15) is 11.3 Å². The number of rotatable bonds is 5. The van der Waals surface area contributed by atoms with Crippen molar-refractivity contribution in [1.29, 1.82) is 0 Å². The molecule has 0 unspecified atom stereocenters. The summed E-state index contributed by atoms with van der Waals surface area (Å²) in [4.78, 5) is 19.0. The Morgan fingerprint density at radius 3 is 2.88 bits per heavy atom. The van der Waals surface area contributed by atoms with Crippen LogP contribution in [0.1, 0.15) is 27.5 Å². The highest BCUT2D eigenvalue weighted by atomic mass is 16.5. The smallest absolute Gasteiger partial charge is 0.257 e. The summed E-state index contributed by atoms with van der Waals surface area (Å²) >= 11 is 0. The van der Waals surface area contributed by atoms with Crippen molar-refractivity contribution in [1.82, 2.24) is 20.4 Å². The van der Waals surface area contributed by atoms with Crippen molar-refractivity contribution in [2.24, 2.45) is 5.92 Å². The third-order valence-electron chi connectivity index (χ3n) is 4.44. The summed E-state index contributed by atoms with van der Waals surface area (Å²) < 4.78 is 5.06. The Balaban J connectivity index is 1.66. The van der Waals surface area contributed by atoms with E-state index in [1.807, 2.05) is 18.2 Å². The van der Waals surface area contributed by atoms with E-state index in [0.29, 0.717) is 30.1 Å². The molecule has 2 N–H and O–H groups in total. The van der Waals surface area contributed by atoms with Crippen molar-refractivity contribution in [2.45, 2.75) is 26.4 Å². The molecule has 24 heavy (non-hydrogen) atoms. The molecule has 7 nitrogen and oxygen atoms in total. The molecule has 1 amide bonds. The van der Waals surface area contributed by atoms with E-state index in [2.05, 4.69) is 20.4 Å². The molecule has 0 radical (unpaired) electrons. The summed E-state index contributed by atoms with van der Waals surface area (Å²) in [5, 5.41) is 16.5. The highest BCUT2D eigenvalue weighted by Gasteiger charge is 2.34. The number of hydrogen-bond acceptors (Lipinski definition) is 6. The molecule has 0 saturated carbocycles. The van der Waals surface area contributed by atoms with Crippen LogP contribution in [0.25, 0.3) is 0 Å². The van der Waals surface area contributed by atoms with E-state index in [9.17, 15) is 9.90 Å². The van der Waals surface area contributed by atoms with Crippen molar-refractivity contribution in [3.05, 3.63) is 47.1 Å². The number of likely N-dealkylation sites (tertiary alicyclic amines) is 1. The van der Waals surface area contributed by atoms with Crippen molar-refractivity contribution >= 4 is 5.91 Å². The molecule has 3 rings (SSSR count). The molecule has 0 aliphatic carbocycles. The van der Waals surface area contributed by atoms with Gasteiger partial charge in [-0.25, -0.2) is 0 Å². The zero-order valence-electron chi connectivity index (χ0n) is 13.9. The van der Waals surface area contributed by atoms with E-state index in [1.54, 1.807) is 20.0 Å². The van der Waals surface area contributed by atoms with Crippen LogP contribution in [0.3, 0.4) is 0 Å². The molecule has 2 aromatic rings. The molecule has 128 valence electrons. The Bertz CT molecular complexity index is 682. The Labute approximate surface area is 140 Å². The summed E-state index contributed by atoms with van der Waals surface area (Å²) in [5.41, 5.74) is 2.04. The van der Waals surface area contributed by atoms with E-state index >= 15 is 0 Å². The van der Waals surface area contributed by atoms with Gasteiger partial charge in [-0.05, 0) is 26.0 Å². The Hall–Kier alpha value is -2.25. The highest BCUT2D eigenvalue weighted by molar-refractivity contribution is 5.96. The fourth-order valence-electron chi connectivity index (χ4n) is 3.21. The number of amides is 1. The maximum absolute atomic E-state index is 12.5. The minimum absolute atomic E-state index is 0.00173. The van der Waals surface area contributed by atoms with Crippen LogP contribution in [-0.2, 0) is 6.54 Å². The molecule has 2 atom stereocenters. The average molecular weight is 330 g/mol. The summed E-state index contributed by atoms with van der Waals surface area (Å²) in [6.45, 7) is 5.61. The maximum Gasteiger partial charge on any atom is 0.257 e. The van der Waals surface area contributed by atoms with Crippen LogP contribution in [0, 0.1) is 19.8 Å². The summed E-state index contributed by atoms with van der Waals surface area (Å²) in [6, 6.07) is 5.71. The zero-order chi connectivity index (χ0) is 17.1. The topological polar surface area (TPSA) is 91.5 Å². The van der Waals surface area contributed by atoms with Crippen LogP contribution < -0.4 is 5.32 Å². The van der Waals surface area contributed by atoms with Gasteiger partial charge in [-0.3, -0.25) is 14.7 Å². The quantitative estimate of drug-likeness (QED) is 0.847. The van der Waals surface area contributed by atoms with E-state index in [0.717, 1.165) is 12.2 Å². The number of aliphatic hydroxyl groups is 1. The molecule has 1 aliphatic heterocycles. The lowest BCUT2D eigenvalue weighted by molar-refractivity contribution is 0.0919. The fraction of sp³-hybridized carbons (Fsp3) is 0.471. The Morgan fingerprint density at radius 2 is 2.25 bits per heavy atom. The van der Waals surface area contributed by atoms with Crippen LogP contribution in [0.5, 0.6) is 0 Å². The predicted molar refractivity (Wildman–Crippen MR) is 87.3 cm³/mol. The Kier molecular flexibility index (Phi) is 4.92.